The molecule has 5 heteroatoms. The molecule has 33 heavy (non-hydrogen) atoms. The molecule has 3 aromatic carbocycles. The molecule has 0 aromatic heterocycles. The Morgan fingerprint density at radius 1 is 0.788 bits per heavy atom. The van der Waals surface area contributed by atoms with E-state index in [4.69, 9.17) is 0 Å². The molecule has 3 aliphatic heterocycles. The van der Waals surface area contributed by atoms with Crippen LogP contribution in [0.3, 0.4) is 0 Å². The lowest BCUT2D eigenvalue weighted by Crippen LogP contribution is -2.63. The van der Waals surface area contributed by atoms with E-state index in [1.807, 2.05) is 18.2 Å². The van der Waals surface area contributed by atoms with Crippen LogP contribution in [-0.4, -0.2) is 30.1 Å². The first-order valence-electron chi connectivity index (χ1n) is 11.8. The van der Waals surface area contributed by atoms with Crippen LogP contribution < -0.4 is 5.32 Å². The van der Waals surface area contributed by atoms with Gasteiger partial charge >= 0.3 is 6.18 Å². The molecule has 6 rings (SSSR count). The van der Waals surface area contributed by atoms with Crippen LogP contribution in [0.1, 0.15) is 29.5 Å². The molecule has 2 unspecified atom stereocenters. The number of rotatable bonds is 6. The van der Waals surface area contributed by atoms with Crippen LogP contribution in [0.2, 0.25) is 0 Å². The zero-order valence-electron chi connectivity index (χ0n) is 18.6. The smallest absolute Gasteiger partial charge is 0.308 e. The standard InChI is InChI=1S/C28H29F3N2/c29-28(30,31)25-8-4-7-24(18-25)22-11-9-20(10-12-22)17-26-27(23-13-15-33(26)16-14-23)32-19-21-5-2-1-3-6-21/h1-12,18,23,26-27,32H,13-17,19H2. The Hall–Kier alpha value is -2.63. The molecule has 0 amide bonds. The van der Waals surface area contributed by atoms with E-state index in [0.29, 0.717) is 23.6 Å². The predicted molar refractivity (Wildman–Crippen MR) is 126 cm³/mol. The molecule has 172 valence electrons. The minimum absolute atomic E-state index is 0.445. The molecule has 0 aliphatic carbocycles. The Morgan fingerprint density at radius 2 is 1.52 bits per heavy atom. The molecule has 0 spiro atoms. The molecular weight excluding hydrogens is 421 g/mol. The Kier molecular flexibility index (Phi) is 6.26. The van der Waals surface area contributed by atoms with Crippen molar-refractivity contribution in [3.8, 4) is 11.1 Å². The van der Waals surface area contributed by atoms with Crippen LogP contribution >= 0.6 is 0 Å². The average Bonchev–Trinajstić information content (AvgIpc) is 2.85. The molecule has 2 nitrogen and oxygen atoms in total. The van der Waals surface area contributed by atoms with Gasteiger partial charge in [0.25, 0.3) is 0 Å². The molecule has 3 fully saturated rings. The summed E-state index contributed by atoms with van der Waals surface area (Å²) >= 11 is 0. The second-order valence-electron chi connectivity index (χ2n) is 9.31. The Morgan fingerprint density at radius 3 is 2.21 bits per heavy atom. The number of alkyl halides is 3. The van der Waals surface area contributed by atoms with Crippen LogP contribution in [-0.2, 0) is 19.1 Å². The summed E-state index contributed by atoms with van der Waals surface area (Å²) in [6.07, 6.45) is -0.882. The minimum Gasteiger partial charge on any atom is -0.308 e. The monoisotopic (exact) mass is 450 g/mol. The van der Waals surface area contributed by atoms with Gasteiger partial charge in [0.2, 0.25) is 0 Å². The highest BCUT2D eigenvalue weighted by Gasteiger charge is 2.41. The fourth-order valence-electron chi connectivity index (χ4n) is 5.49. The number of hydrogen-bond acceptors (Lipinski definition) is 2. The first-order valence-corrected chi connectivity index (χ1v) is 11.8. The molecule has 0 saturated carbocycles. The van der Waals surface area contributed by atoms with Gasteiger partial charge in [0.15, 0.2) is 0 Å². The summed E-state index contributed by atoms with van der Waals surface area (Å²) in [5.74, 6) is 0.702. The van der Waals surface area contributed by atoms with Crippen molar-refractivity contribution >= 4 is 0 Å². The number of hydrogen-bond donors (Lipinski definition) is 1. The molecule has 2 atom stereocenters. The third-order valence-electron chi connectivity index (χ3n) is 7.27. The van der Waals surface area contributed by atoms with Gasteiger partial charge in [-0.3, -0.25) is 4.90 Å². The fraction of sp³-hybridized carbons (Fsp3) is 0.357. The van der Waals surface area contributed by atoms with E-state index in [2.05, 4.69) is 46.6 Å². The molecule has 3 heterocycles. The van der Waals surface area contributed by atoms with E-state index >= 15 is 0 Å². The maximum absolute atomic E-state index is 13.1. The van der Waals surface area contributed by atoms with Crippen LogP contribution in [0.4, 0.5) is 13.2 Å². The SMILES string of the molecule is FC(F)(F)c1cccc(-c2ccc(CC3C(NCc4ccccc4)C4CCN3CC4)cc2)c1. The normalized spacial score (nSPS) is 24.7. The zero-order valence-corrected chi connectivity index (χ0v) is 18.6. The van der Waals surface area contributed by atoms with Crippen molar-refractivity contribution in [2.24, 2.45) is 5.92 Å². The molecule has 3 aromatic rings. The van der Waals surface area contributed by atoms with Gasteiger partial charge in [-0.2, -0.15) is 13.2 Å². The van der Waals surface area contributed by atoms with Crippen molar-refractivity contribution in [1.82, 2.24) is 10.2 Å². The van der Waals surface area contributed by atoms with Crippen LogP contribution in [0.25, 0.3) is 11.1 Å². The van der Waals surface area contributed by atoms with Crippen LogP contribution in [0.15, 0.2) is 78.9 Å². The maximum Gasteiger partial charge on any atom is 0.416 e. The van der Waals surface area contributed by atoms with E-state index in [0.717, 1.165) is 37.7 Å². The van der Waals surface area contributed by atoms with Gasteiger partial charge in [0.1, 0.15) is 0 Å². The van der Waals surface area contributed by atoms with Gasteiger partial charge in [-0.15, -0.1) is 0 Å². The third kappa shape index (κ3) is 4.99. The number of halogens is 3. The Balaban J connectivity index is 1.30. The summed E-state index contributed by atoms with van der Waals surface area (Å²) in [7, 11) is 0. The van der Waals surface area contributed by atoms with Crippen LogP contribution in [0.5, 0.6) is 0 Å². The molecule has 0 radical (unpaired) electrons. The first kappa shape index (κ1) is 22.2. The Bertz CT molecular complexity index is 1050. The van der Waals surface area contributed by atoms with Crippen molar-refractivity contribution < 1.29 is 13.2 Å². The summed E-state index contributed by atoms with van der Waals surface area (Å²) in [5, 5.41) is 3.85. The highest BCUT2D eigenvalue weighted by atomic mass is 19.4. The van der Waals surface area contributed by atoms with E-state index in [9.17, 15) is 13.2 Å². The van der Waals surface area contributed by atoms with Crippen molar-refractivity contribution in [3.63, 3.8) is 0 Å². The average molecular weight is 451 g/mol. The topological polar surface area (TPSA) is 15.3 Å². The molecule has 3 aliphatic rings. The number of piperidine rings is 3. The van der Waals surface area contributed by atoms with E-state index in [-0.39, 0.29) is 0 Å². The summed E-state index contributed by atoms with van der Waals surface area (Å²) in [4.78, 5) is 2.61. The van der Waals surface area contributed by atoms with Crippen molar-refractivity contribution in [1.29, 1.82) is 0 Å². The highest BCUT2D eigenvalue weighted by Crippen LogP contribution is 2.35. The highest BCUT2D eigenvalue weighted by molar-refractivity contribution is 5.64. The largest absolute Gasteiger partial charge is 0.416 e. The summed E-state index contributed by atoms with van der Waals surface area (Å²) in [6, 6.07) is 25.0. The van der Waals surface area contributed by atoms with E-state index in [1.54, 1.807) is 6.07 Å². The van der Waals surface area contributed by atoms with Gasteiger partial charge in [-0.05, 0) is 72.7 Å². The summed E-state index contributed by atoms with van der Waals surface area (Å²) in [6.45, 7) is 3.18. The number of fused-ring (bicyclic) bond motifs is 3. The lowest BCUT2D eigenvalue weighted by molar-refractivity contribution is -0.137. The van der Waals surface area contributed by atoms with Gasteiger partial charge in [-0.1, -0.05) is 66.7 Å². The quantitative estimate of drug-likeness (QED) is 0.483. The van der Waals surface area contributed by atoms with Gasteiger partial charge in [0.05, 0.1) is 5.56 Å². The van der Waals surface area contributed by atoms with E-state index < -0.39 is 11.7 Å². The number of nitrogens with zero attached hydrogens (tertiary/aromatic N) is 1. The van der Waals surface area contributed by atoms with Crippen LogP contribution in [0, 0.1) is 5.92 Å². The van der Waals surface area contributed by atoms with Gasteiger partial charge < -0.3 is 5.32 Å². The second-order valence-corrected chi connectivity index (χ2v) is 9.31. The Labute approximate surface area is 193 Å². The lowest BCUT2D eigenvalue weighted by atomic mass is 9.76. The van der Waals surface area contributed by atoms with Gasteiger partial charge in [0, 0.05) is 18.6 Å². The van der Waals surface area contributed by atoms with Crippen molar-refractivity contribution in [2.75, 3.05) is 13.1 Å². The first-order chi connectivity index (χ1) is 16.0. The number of benzene rings is 3. The minimum atomic E-state index is -4.33. The molecule has 3 saturated heterocycles. The third-order valence-corrected chi connectivity index (χ3v) is 7.27. The van der Waals surface area contributed by atoms with E-state index in [1.165, 1.54) is 36.1 Å². The second kappa shape index (κ2) is 9.32. The lowest BCUT2D eigenvalue weighted by Gasteiger charge is -2.51. The maximum atomic E-state index is 13.1. The van der Waals surface area contributed by atoms with Crippen molar-refractivity contribution in [2.45, 2.75) is 44.1 Å². The number of nitrogens with one attached hydrogen (secondary N) is 1. The molecule has 2 bridgehead atoms. The molecule has 1 N–H and O–H groups in total. The van der Waals surface area contributed by atoms with Gasteiger partial charge in [-0.25, -0.2) is 0 Å². The fourth-order valence-corrected chi connectivity index (χ4v) is 5.49. The summed E-state index contributed by atoms with van der Waals surface area (Å²) < 4.78 is 39.2. The predicted octanol–water partition coefficient (Wildman–Crippen LogP) is 6.17. The molecular formula is C28H29F3N2. The van der Waals surface area contributed by atoms with Crippen molar-refractivity contribution in [3.05, 3.63) is 95.6 Å². The summed E-state index contributed by atoms with van der Waals surface area (Å²) in [5.41, 5.74) is 3.34. The zero-order chi connectivity index (χ0) is 22.8.